The Hall–Kier alpha value is -2.65. The molecule has 0 saturated heterocycles. The van der Waals surface area contributed by atoms with E-state index in [1.807, 2.05) is 0 Å². The molecule has 0 atom stereocenters. The zero-order valence-electron chi connectivity index (χ0n) is 14.0. The van der Waals surface area contributed by atoms with Crippen LogP contribution in [0.2, 0.25) is 10.0 Å². The molecule has 0 saturated carbocycles. The molecular formula is C17H11Cl2F3N6. The van der Waals surface area contributed by atoms with Gasteiger partial charge in [-0.25, -0.2) is 0 Å². The second-order valence-electron chi connectivity index (χ2n) is 6.07. The molecule has 4 rings (SSSR count). The van der Waals surface area contributed by atoms with Crippen molar-refractivity contribution in [1.29, 1.82) is 0 Å². The van der Waals surface area contributed by atoms with E-state index in [-0.39, 0.29) is 13.0 Å². The van der Waals surface area contributed by atoms with Crippen LogP contribution in [0.5, 0.6) is 0 Å². The lowest BCUT2D eigenvalue weighted by Crippen LogP contribution is -2.06. The average Bonchev–Trinajstić information content (AvgIpc) is 3.25. The molecule has 0 spiro atoms. The number of rotatable bonds is 4. The summed E-state index contributed by atoms with van der Waals surface area (Å²) in [5.41, 5.74) is 0.794. The van der Waals surface area contributed by atoms with Crippen LogP contribution in [0.15, 0.2) is 36.4 Å². The van der Waals surface area contributed by atoms with Crippen molar-refractivity contribution in [1.82, 2.24) is 30.4 Å². The van der Waals surface area contributed by atoms with E-state index in [9.17, 15) is 13.2 Å². The van der Waals surface area contributed by atoms with Crippen LogP contribution in [0.4, 0.5) is 13.2 Å². The number of tetrazole rings is 1. The number of nitrogens with one attached hydrogen (secondary N) is 1. The third kappa shape index (κ3) is 3.67. The van der Waals surface area contributed by atoms with Gasteiger partial charge in [0.05, 0.1) is 29.7 Å². The molecule has 0 fully saturated rings. The molecule has 144 valence electrons. The highest BCUT2D eigenvalue weighted by atomic mass is 35.5. The minimum atomic E-state index is -4.46. The first kappa shape index (κ1) is 18.7. The summed E-state index contributed by atoms with van der Waals surface area (Å²) in [6.07, 6.45) is -4.24. The number of H-pyrrole nitrogens is 1. The molecule has 2 aromatic carbocycles. The molecule has 0 amide bonds. The Balaban J connectivity index is 1.82. The van der Waals surface area contributed by atoms with Gasteiger partial charge in [-0.1, -0.05) is 40.5 Å². The molecule has 0 unspecified atom stereocenters. The van der Waals surface area contributed by atoms with Crippen LogP contribution < -0.4 is 0 Å². The highest BCUT2D eigenvalue weighted by Crippen LogP contribution is 2.33. The Morgan fingerprint density at radius 1 is 1.07 bits per heavy atom. The number of hydrogen-bond acceptors (Lipinski definition) is 4. The lowest BCUT2D eigenvalue weighted by atomic mass is 10.1. The third-order valence-corrected chi connectivity index (χ3v) is 4.79. The van der Waals surface area contributed by atoms with Gasteiger partial charge >= 0.3 is 6.18 Å². The van der Waals surface area contributed by atoms with Crippen molar-refractivity contribution in [2.45, 2.75) is 19.1 Å². The number of aromatic nitrogens is 6. The van der Waals surface area contributed by atoms with E-state index in [2.05, 4.69) is 25.7 Å². The third-order valence-electron chi connectivity index (χ3n) is 4.21. The number of halogens is 5. The topological polar surface area (TPSA) is 72.3 Å². The standard InChI is InChI=1S/C17H11Cl2F3N6/c18-11-3-1-9(13(19)6-11)8-28-15-5-10(17(20,21)22)2-4-12(15)14(25-28)7-16-23-26-27-24-16/h1-6H,7-8H2,(H,23,24,26,27). The average molecular weight is 427 g/mol. The van der Waals surface area contributed by atoms with E-state index in [0.717, 1.165) is 12.1 Å². The first-order chi connectivity index (χ1) is 13.3. The molecule has 0 aliphatic heterocycles. The van der Waals surface area contributed by atoms with Crippen molar-refractivity contribution in [2.75, 3.05) is 0 Å². The summed E-state index contributed by atoms with van der Waals surface area (Å²) in [5, 5.41) is 19.5. The van der Waals surface area contributed by atoms with Crippen molar-refractivity contribution >= 4 is 34.1 Å². The van der Waals surface area contributed by atoms with E-state index in [1.165, 1.54) is 10.7 Å². The first-order valence-electron chi connectivity index (χ1n) is 8.04. The second kappa shape index (κ2) is 7.06. The number of nitrogens with zero attached hydrogens (tertiary/aromatic N) is 5. The van der Waals surface area contributed by atoms with Gasteiger partial charge in [-0.3, -0.25) is 4.68 Å². The smallest absolute Gasteiger partial charge is 0.260 e. The van der Waals surface area contributed by atoms with Gasteiger partial charge in [-0.05, 0) is 29.8 Å². The fourth-order valence-electron chi connectivity index (χ4n) is 2.89. The van der Waals surface area contributed by atoms with Gasteiger partial charge in [0.2, 0.25) is 0 Å². The number of fused-ring (bicyclic) bond motifs is 1. The zero-order chi connectivity index (χ0) is 19.9. The minimum absolute atomic E-state index is 0.181. The fourth-order valence-corrected chi connectivity index (χ4v) is 3.36. The molecule has 11 heteroatoms. The predicted octanol–water partition coefficient (Wildman–Crippen LogP) is 4.51. The van der Waals surface area contributed by atoms with Gasteiger partial charge < -0.3 is 0 Å². The summed E-state index contributed by atoms with van der Waals surface area (Å²) in [6.45, 7) is 0.181. The van der Waals surface area contributed by atoms with Gasteiger partial charge in [-0.2, -0.15) is 23.5 Å². The van der Waals surface area contributed by atoms with Gasteiger partial charge in [0.1, 0.15) is 0 Å². The van der Waals surface area contributed by atoms with E-state index in [1.54, 1.807) is 18.2 Å². The highest BCUT2D eigenvalue weighted by Gasteiger charge is 2.31. The molecular weight excluding hydrogens is 416 g/mol. The van der Waals surface area contributed by atoms with Gasteiger partial charge in [0, 0.05) is 15.4 Å². The highest BCUT2D eigenvalue weighted by molar-refractivity contribution is 6.35. The van der Waals surface area contributed by atoms with Crippen molar-refractivity contribution < 1.29 is 13.2 Å². The maximum Gasteiger partial charge on any atom is 0.416 e. The minimum Gasteiger partial charge on any atom is -0.260 e. The molecule has 28 heavy (non-hydrogen) atoms. The van der Waals surface area contributed by atoms with Crippen LogP contribution in [0.1, 0.15) is 22.6 Å². The molecule has 1 N–H and O–H groups in total. The van der Waals surface area contributed by atoms with Crippen LogP contribution in [0.25, 0.3) is 10.9 Å². The SMILES string of the molecule is FC(F)(F)c1ccc2c(Cc3nn[nH]n3)nn(Cc3ccc(Cl)cc3Cl)c2c1. The Labute approximate surface area is 166 Å². The van der Waals surface area contributed by atoms with Gasteiger partial charge in [-0.15, -0.1) is 10.2 Å². The normalized spacial score (nSPS) is 12.0. The van der Waals surface area contributed by atoms with Crippen molar-refractivity contribution in [3.8, 4) is 0 Å². The molecule has 2 heterocycles. The monoisotopic (exact) mass is 426 g/mol. The molecule has 2 aromatic heterocycles. The van der Waals surface area contributed by atoms with Gasteiger partial charge in [0.25, 0.3) is 0 Å². The fraction of sp³-hybridized carbons (Fsp3) is 0.176. The summed E-state index contributed by atoms with van der Waals surface area (Å²) in [4.78, 5) is 0. The van der Waals surface area contributed by atoms with E-state index < -0.39 is 11.7 Å². The van der Waals surface area contributed by atoms with E-state index in [0.29, 0.717) is 38.0 Å². The lowest BCUT2D eigenvalue weighted by Gasteiger charge is -2.09. The number of aromatic amines is 1. The van der Waals surface area contributed by atoms with Gasteiger partial charge in [0.15, 0.2) is 5.82 Å². The predicted molar refractivity (Wildman–Crippen MR) is 97.3 cm³/mol. The van der Waals surface area contributed by atoms with E-state index >= 15 is 0 Å². The summed E-state index contributed by atoms with van der Waals surface area (Å²) in [5.74, 6) is 0.385. The zero-order valence-corrected chi connectivity index (χ0v) is 15.5. The first-order valence-corrected chi connectivity index (χ1v) is 8.80. The molecule has 0 aliphatic rings. The second-order valence-corrected chi connectivity index (χ2v) is 6.92. The van der Waals surface area contributed by atoms with Crippen LogP contribution in [-0.4, -0.2) is 30.4 Å². The maximum absolute atomic E-state index is 13.2. The quantitative estimate of drug-likeness (QED) is 0.520. The van der Waals surface area contributed by atoms with E-state index in [4.69, 9.17) is 23.2 Å². The van der Waals surface area contributed by atoms with Crippen LogP contribution in [0, 0.1) is 0 Å². The number of hydrogen-bond donors (Lipinski definition) is 1. The summed E-state index contributed by atoms with van der Waals surface area (Å²) < 4.78 is 41.1. The Kier molecular flexibility index (Phi) is 4.72. The molecule has 6 nitrogen and oxygen atoms in total. The largest absolute Gasteiger partial charge is 0.416 e. The number of alkyl halides is 3. The molecule has 4 aromatic rings. The molecule has 0 aliphatic carbocycles. The molecule has 0 bridgehead atoms. The Morgan fingerprint density at radius 3 is 2.57 bits per heavy atom. The Bertz CT molecular complexity index is 1140. The number of benzene rings is 2. The van der Waals surface area contributed by atoms with Crippen molar-refractivity contribution in [3.05, 3.63) is 69.1 Å². The molecule has 0 radical (unpaired) electrons. The summed E-state index contributed by atoms with van der Waals surface area (Å²) >= 11 is 12.1. The van der Waals surface area contributed by atoms with Crippen LogP contribution in [-0.2, 0) is 19.1 Å². The Morgan fingerprint density at radius 2 is 1.89 bits per heavy atom. The summed E-state index contributed by atoms with van der Waals surface area (Å²) in [7, 11) is 0. The lowest BCUT2D eigenvalue weighted by molar-refractivity contribution is -0.137. The van der Waals surface area contributed by atoms with Crippen LogP contribution >= 0.6 is 23.2 Å². The van der Waals surface area contributed by atoms with Crippen LogP contribution in [0.3, 0.4) is 0 Å². The summed E-state index contributed by atoms with van der Waals surface area (Å²) in [6, 6.07) is 8.46. The maximum atomic E-state index is 13.2. The van der Waals surface area contributed by atoms with Crippen molar-refractivity contribution in [3.63, 3.8) is 0 Å². The van der Waals surface area contributed by atoms with Crippen molar-refractivity contribution in [2.24, 2.45) is 0 Å².